The molecule has 0 aromatic carbocycles. The lowest BCUT2D eigenvalue weighted by Gasteiger charge is -2.23. The Labute approximate surface area is 144 Å². The number of cyclic esters (lactones) is 1. The molecule has 1 heterocycles. The van der Waals surface area contributed by atoms with Crippen molar-refractivity contribution in [1.82, 2.24) is 0 Å². The summed E-state index contributed by atoms with van der Waals surface area (Å²) in [6.45, 7) is 11.5. The molecule has 0 radical (unpaired) electrons. The first kappa shape index (κ1) is 20.5. The molecule has 0 aliphatic carbocycles. The van der Waals surface area contributed by atoms with E-state index in [1.165, 1.54) is 51.4 Å². The van der Waals surface area contributed by atoms with Crippen molar-refractivity contribution in [3.63, 3.8) is 0 Å². The molecule has 1 rings (SSSR count). The highest BCUT2D eigenvalue weighted by atomic mass is 16.6. The Bertz CT molecular complexity index is 337. The summed E-state index contributed by atoms with van der Waals surface area (Å²) in [7, 11) is 0. The molecule has 0 amide bonds. The number of hydrogen-bond acceptors (Lipinski definition) is 2. The van der Waals surface area contributed by atoms with E-state index in [0.717, 1.165) is 30.6 Å². The predicted octanol–water partition coefficient (Wildman–Crippen LogP) is 6.52. The molecule has 2 heteroatoms. The summed E-state index contributed by atoms with van der Waals surface area (Å²) >= 11 is 0. The van der Waals surface area contributed by atoms with E-state index in [9.17, 15) is 4.79 Å². The summed E-state index contributed by atoms with van der Waals surface area (Å²) in [4.78, 5) is 11.3. The average Bonchev–Trinajstić information content (AvgIpc) is 2.78. The summed E-state index contributed by atoms with van der Waals surface area (Å²) in [6, 6.07) is 0. The Kier molecular flexibility index (Phi) is 9.24. The van der Waals surface area contributed by atoms with Gasteiger partial charge >= 0.3 is 5.97 Å². The van der Waals surface area contributed by atoms with Gasteiger partial charge in [-0.1, -0.05) is 72.6 Å². The largest absolute Gasteiger partial charge is 0.459 e. The van der Waals surface area contributed by atoms with Crippen molar-refractivity contribution in [2.24, 2.45) is 17.8 Å². The van der Waals surface area contributed by atoms with Crippen LogP contribution in [0.1, 0.15) is 105 Å². The fourth-order valence-corrected chi connectivity index (χ4v) is 3.72. The van der Waals surface area contributed by atoms with Gasteiger partial charge in [-0.25, -0.2) is 0 Å². The van der Waals surface area contributed by atoms with E-state index in [2.05, 4.69) is 34.6 Å². The van der Waals surface area contributed by atoms with Gasteiger partial charge < -0.3 is 4.74 Å². The van der Waals surface area contributed by atoms with Gasteiger partial charge in [-0.05, 0) is 43.9 Å². The van der Waals surface area contributed by atoms with Crippen molar-refractivity contribution in [3.8, 4) is 0 Å². The second kappa shape index (κ2) is 10.4. The zero-order valence-corrected chi connectivity index (χ0v) is 16.3. The molecule has 0 bridgehead atoms. The maximum atomic E-state index is 11.3. The van der Waals surface area contributed by atoms with Gasteiger partial charge in [0, 0.05) is 6.42 Å². The van der Waals surface area contributed by atoms with E-state index in [-0.39, 0.29) is 11.6 Å². The van der Waals surface area contributed by atoms with Crippen LogP contribution in [0, 0.1) is 17.8 Å². The minimum Gasteiger partial charge on any atom is -0.459 e. The lowest BCUT2D eigenvalue weighted by atomic mass is 9.89. The van der Waals surface area contributed by atoms with Crippen molar-refractivity contribution in [2.45, 2.75) is 111 Å². The molecule has 1 fully saturated rings. The number of rotatable bonds is 12. The Morgan fingerprint density at radius 3 is 1.91 bits per heavy atom. The summed E-state index contributed by atoms with van der Waals surface area (Å²) in [6.07, 6.45) is 13.3. The van der Waals surface area contributed by atoms with Gasteiger partial charge in [-0.15, -0.1) is 0 Å². The van der Waals surface area contributed by atoms with Crippen molar-refractivity contribution < 1.29 is 9.53 Å². The van der Waals surface area contributed by atoms with Crippen LogP contribution < -0.4 is 0 Å². The molecule has 0 saturated carbocycles. The normalized spacial score (nSPS) is 24.0. The van der Waals surface area contributed by atoms with Gasteiger partial charge in [-0.2, -0.15) is 0 Å². The maximum Gasteiger partial charge on any atom is 0.306 e. The molecule has 1 unspecified atom stereocenters. The second-order valence-electron chi connectivity index (χ2n) is 8.78. The minimum atomic E-state index is -0.165. The number of hydrogen-bond donors (Lipinski definition) is 0. The van der Waals surface area contributed by atoms with Gasteiger partial charge in [0.05, 0.1) is 0 Å². The third-order valence-electron chi connectivity index (χ3n) is 5.49. The van der Waals surface area contributed by atoms with Crippen LogP contribution >= 0.6 is 0 Å². The van der Waals surface area contributed by atoms with Crippen molar-refractivity contribution in [2.75, 3.05) is 0 Å². The summed E-state index contributed by atoms with van der Waals surface area (Å²) in [5, 5.41) is 0. The van der Waals surface area contributed by atoms with E-state index >= 15 is 0 Å². The van der Waals surface area contributed by atoms with Crippen LogP contribution in [0.4, 0.5) is 0 Å². The minimum absolute atomic E-state index is 0.00740. The van der Waals surface area contributed by atoms with Crippen LogP contribution in [0.5, 0.6) is 0 Å². The topological polar surface area (TPSA) is 26.3 Å². The molecule has 2 nitrogen and oxygen atoms in total. The molecule has 1 saturated heterocycles. The third-order valence-corrected chi connectivity index (χ3v) is 5.49. The standard InChI is InChI=1S/C21H40O2/c1-17(2)9-6-10-18(3)11-7-12-19(4)13-8-15-21(5)16-14-20(22)23-21/h17-19H,6-16H2,1-5H3/t18-,19-,21?/m1/s1. The molecule has 23 heavy (non-hydrogen) atoms. The molecular weight excluding hydrogens is 284 g/mol. The quantitative estimate of drug-likeness (QED) is 0.382. The number of carbonyl (C=O) groups excluding carboxylic acids is 1. The molecule has 1 aliphatic rings. The van der Waals surface area contributed by atoms with Gasteiger partial charge in [0.1, 0.15) is 5.60 Å². The van der Waals surface area contributed by atoms with Crippen LogP contribution in [0.2, 0.25) is 0 Å². The number of ether oxygens (including phenoxy) is 1. The van der Waals surface area contributed by atoms with Gasteiger partial charge in [0.2, 0.25) is 0 Å². The van der Waals surface area contributed by atoms with Gasteiger partial charge in [0.15, 0.2) is 0 Å². The fraction of sp³-hybridized carbons (Fsp3) is 0.952. The molecule has 3 atom stereocenters. The SMILES string of the molecule is CC(C)CCC[C@@H](C)CCC[C@@H](C)CCCC1(C)CCC(=O)O1. The second-order valence-corrected chi connectivity index (χ2v) is 8.78. The highest BCUT2D eigenvalue weighted by Gasteiger charge is 2.34. The van der Waals surface area contributed by atoms with E-state index in [1.54, 1.807) is 0 Å². The van der Waals surface area contributed by atoms with Crippen molar-refractivity contribution in [1.29, 1.82) is 0 Å². The number of carbonyl (C=O) groups is 1. The van der Waals surface area contributed by atoms with E-state index in [4.69, 9.17) is 4.74 Å². The van der Waals surface area contributed by atoms with Crippen LogP contribution in [0.15, 0.2) is 0 Å². The van der Waals surface area contributed by atoms with Crippen LogP contribution in [-0.4, -0.2) is 11.6 Å². The Balaban J connectivity index is 2.01. The average molecular weight is 325 g/mol. The molecule has 0 N–H and O–H groups in total. The monoisotopic (exact) mass is 324 g/mol. The Morgan fingerprint density at radius 1 is 0.913 bits per heavy atom. The van der Waals surface area contributed by atoms with E-state index < -0.39 is 0 Å². The molecule has 0 aromatic heterocycles. The first-order chi connectivity index (χ1) is 10.8. The van der Waals surface area contributed by atoms with Crippen LogP contribution in [0.25, 0.3) is 0 Å². The highest BCUT2D eigenvalue weighted by molar-refractivity contribution is 5.72. The lowest BCUT2D eigenvalue weighted by Crippen LogP contribution is -2.23. The van der Waals surface area contributed by atoms with Crippen molar-refractivity contribution >= 4 is 5.97 Å². The summed E-state index contributed by atoms with van der Waals surface area (Å²) < 4.78 is 5.46. The van der Waals surface area contributed by atoms with Crippen LogP contribution in [-0.2, 0) is 9.53 Å². The van der Waals surface area contributed by atoms with Crippen LogP contribution in [0.3, 0.4) is 0 Å². The van der Waals surface area contributed by atoms with E-state index in [1.807, 2.05) is 0 Å². The smallest absolute Gasteiger partial charge is 0.306 e. The molecule has 136 valence electrons. The Morgan fingerprint density at radius 2 is 1.43 bits per heavy atom. The van der Waals surface area contributed by atoms with Gasteiger partial charge in [0.25, 0.3) is 0 Å². The van der Waals surface area contributed by atoms with Gasteiger partial charge in [-0.3, -0.25) is 4.79 Å². The summed E-state index contributed by atoms with van der Waals surface area (Å²) in [5.74, 6) is 2.53. The van der Waals surface area contributed by atoms with E-state index in [0.29, 0.717) is 6.42 Å². The predicted molar refractivity (Wildman–Crippen MR) is 98.5 cm³/mol. The Hall–Kier alpha value is -0.530. The first-order valence-electron chi connectivity index (χ1n) is 10.0. The lowest BCUT2D eigenvalue weighted by molar-refractivity contribution is -0.147. The summed E-state index contributed by atoms with van der Waals surface area (Å²) in [5.41, 5.74) is -0.165. The molecule has 1 aliphatic heterocycles. The zero-order chi connectivity index (χ0) is 17.3. The van der Waals surface area contributed by atoms with Crippen molar-refractivity contribution in [3.05, 3.63) is 0 Å². The highest BCUT2D eigenvalue weighted by Crippen LogP contribution is 2.32. The maximum absolute atomic E-state index is 11.3. The third kappa shape index (κ3) is 9.37. The zero-order valence-electron chi connectivity index (χ0n) is 16.3. The number of esters is 1. The molecule has 0 spiro atoms. The first-order valence-corrected chi connectivity index (χ1v) is 10.0. The fourth-order valence-electron chi connectivity index (χ4n) is 3.72. The molecular formula is C21H40O2. The molecule has 0 aromatic rings.